The van der Waals surface area contributed by atoms with Gasteiger partial charge in [0.15, 0.2) is 0 Å². The summed E-state index contributed by atoms with van der Waals surface area (Å²) in [6.07, 6.45) is 8.71. The number of nitrogens with zero attached hydrogens (tertiary/aromatic N) is 1. The Bertz CT molecular complexity index is 284. The normalized spacial score (nSPS) is 27.1. The minimum Gasteiger partial charge on any atom is -0.396 e. The molecule has 2 aliphatic carbocycles. The molecule has 2 fully saturated rings. The van der Waals surface area contributed by atoms with Crippen LogP contribution >= 0.6 is 0 Å². The van der Waals surface area contributed by atoms with Crippen molar-refractivity contribution in [1.82, 2.24) is 10.2 Å². The van der Waals surface area contributed by atoms with E-state index in [-0.39, 0.29) is 12.6 Å². The Morgan fingerprint density at radius 2 is 1.84 bits per heavy atom. The summed E-state index contributed by atoms with van der Waals surface area (Å²) in [4.78, 5) is 14.3. The highest BCUT2D eigenvalue weighted by Crippen LogP contribution is 2.28. The van der Waals surface area contributed by atoms with Gasteiger partial charge in [-0.2, -0.15) is 0 Å². The van der Waals surface area contributed by atoms with Crippen molar-refractivity contribution in [2.75, 3.05) is 13.2 Å². The highest BCUT2D eigenvalue weighted by atomic mass is 16.3. The number of aliphatic hydroxyl groups excluding tert-OH is 1. The van der Waals surface area contributed by atoms with Gasteiger partial charge >= 0.3 is 6.03 Å². The van der Waals surface area contributed by atoms with Gasteiger partial charge in [0.1, 0.15) is 0 Å². The minimum atomic E-state index is 0.125. The standard InChI is InChI=1S/C15H28N2O2/c1-12-4-6-13(7-5-12)16-15(19)17(14-8-9-14)10-2-3-11-18/h12-14,18H,2-11H2,1H3,(H,16,19). The Morgan fingerprint density at radius 3 is 2.42 bits per heavy atom. The van der Waals surface area contributed by atoms with E-state index in [0.717, 1.165) is 51.0 Å². The van der Waals surface area contributed by atoms with Crippen LogP contribution in [0.5, 0.6) is 0 Å². The van der Waals surface area contributed by atoms with Crippen LogP contribution in [0.3, 0.4) is 0 Å². The van der Waals surface area contributed by atoms with Gasteiger partial charge in [0.25, 0.3) is 0 Å². The molecule has 0 spiro atoms. The summed E-state index contributed by atoms with van der Waals surface area (Å²) in [7, 11) is 0. The van der Waals surface area contributed by atoms with Crippen molar-refractivity contribution < 1.29 is 9.90 Å². The predicted octanol–water partition coefficient (Wildman–Crippen LogP) is 2.51. The van der Waals surface area contributed by atoms with Gasteiger partial charge in [0.05, 0.1) is 0 Å². The average Bonchev–Trinajstić information content (AvgIpc) is 3.22. The summed E-state index contributed by atoms with van der Waals surface area (Å²) in [5, 5.41) is 12.1. The Kier molecular flexibility index (Phi) is 5.49. The second kappa shape index (κ2) is 7.13. The van der Waals surface area contributed by atoms with Crippen LogP contribution in [-0.4, -0.2) is 41.3 Å². The van der Waals surface area contributed by atoms with Crippen LogP contribution in [0.15, 0.2) is 0 Å². The van der Waals surface area contributed by atoms with E-state index in [4.69, 9.17) is 5.11 Å². The van der Waals surface area contributed by atoms with Gasteiger partial charge in [-0.3, -0.25) is 0 Å². The van der Waals surface area contributed by atoms with Crippen molar-refractivity contribution >= 4 is 6.03 Å². The lowest BCUT2D eigenvalue weighted by molar-refractivity contribution is 0.181. The monoisotopic (exact) mass is 268 g/mol. The fourth-order valence-electron chi connectivity index (χ4n) is 2.89. The van der Waals surface area contributed by atoms with Crippen molar-refractivity contribution in [2.45, 2.75) is 70.4 Å². The first kappa shape index (κ1) is 14.6. The number of carbonyl (C=O) groups excluding carboxylic acids is 1. The van der Waals surface area contributed by atoms with Crippen molar-refractivity contribution in [3.8, 4) is 0 Å². The molecule has 110 valence electrons. The third kappa shape index (κ3) is 4.68. The van der Waals surface area contributed by atoms with E-state index in [2.05, 4.69) is 12.2 Å². The zero-order valence-electron chi connectivity index (χ0n) is 12.1. The molecule has 2 aliphatic rings. The number of urea groups is 1. The molecular formula is C15H28N2O2. The zero-order chi connectivity index (χ0) is 13.7. The van der Waals surface area contributed by atoms with E-state index in [1.165, 1.54) is 12.8 Å². The molecule has 0 saturated heterocycles. The van der Waals surface area contributed by atoms with Crippen LogP contribution in [0.4, 0.5) is 4.79 Å². The molecule has 2 saturated carbocycles. The molecule has 0 bridgehead atoms. The van der Waals surface area contributed by atoms with Crippen LogP contribution < -0.4 is 5.32 Å². The Hall–Kier alpha value is -0.770. The largest absolute Gasteiger partial charge is 0.396 e. The van der Waals surface area contributed by atoms with Crippen LogP contribution in [0.1, 0.15) is 58.3 Å². The molecule has 0 atom stereocenters. The van der Waals surface area contributed by atoms with Crippen LogP contribution in [-0.2, 0) is 0 Å². The fourth-order valence-corrected chi connectivity index (χ4v) is 2.89. The van der Waals surface area contributed by atoms with E-state index in [0.29, 0.717) is 12.1 Å². The third-order valence-electron chi connectivity index (χ3n) is 4.40. The molecule has 4 nitrogen and oxygen atoms in total. The maximum atomic E-state index is 12.3. The quantitative estimate of drug-likeness (QED) is 0.727. The van der Waals surface area contributed by atoms with Gasteiger partial charge < -0.3 is 15.3 Å². The summed E-state index contributed by atoms with van der Waals surface area (Å²) in [5.74, 6) is 0.817. The molecule has 2 rings (SSSR count). The van der Waals surface area contributed by atoms with Crippen LogP contribution in [0.2, 0.25) is 0 Å². The number of amides is 2. The lowest BCUT2D eigenvalue weighted by Crippen LogP contribution is -2.47. The molecule has 2 amide bonds. The summed E-state index contributed by atoms with van der Waals surface area (Å²) >= 11 is 0. The maximum Gasteiger partial charge on any atom is 0.317 e. The van der Waals surface area contributed by atoms with Crippen molar-refractivity contribution in [1.29, 1.82) is 0 Å². The summed E-state index contributed by atoms with van der Waals surface area (Å²) in [6, 6.07) is 0.962. The maximum absolute atomic E-state index is 12.3. The Labute approximate surface area is 116 Å². The molecule has 0 aromatic heterocycles. The van der Waals surface area contributed by atoms with Gasteiger partial charge in [0.2, 0.25) is 0 Å². The summed E-state index contributed by atoms with van der Waals surface area (Å²) in [5.41, 5.74) is 0. The van der Waals surface area contributed by atoms with Gasteiger partial charge in [-0.25, -0.2) is 4.79 Å². The molecule has 0 aliphatic heterocycles. The fraction of sp³-hybridized carbons (Fsp3) is 0.933. The topological polar surface area (TPSA) is 52.6 Å². The number of aliphatic hydroxyl groups is 1. The second-order valence-electron chi connectivity index (χ2n) is 6.26. The van der Waals surface area contributed by atoms with E-state index >= 15 is 0 Å². The molecule has 0 unspecified atom stereocenters. The van der Waals surface area contributed by atoms with E-state index in [1.54, 1.807) is 0 Å². The smallest absolute Gasteiger partial charge is 0.317 e. The van der Waals surface area contributed by atoms with Crippen molar-refractivity contribution in [3.05, 3.63) is 0 Å². The SMILES string of the molecule is CC1CCC(NC(=O)N(CCCCO)C2CC2)CC1. The number of carbonyl (C=O) groups is 1. The van der Waals surface area contributed by atoms with E-state index in [9.17, 15) is 4.79 Å². The average molecular weight is 268 g/mol. The molecule has 0 radical (unpaired) electrons. The number of rotatable bonds is 6. The molecule has 4 heteroatoms. The number of nitrogens with one attached hydrogen (secondary N) is 1. The lowest BCUT2D eigenvalue weighted by Gasteiger charge is -2.30. The Morgan fingerprint density at radius 1 is 1.16 bits per heavy atom. The number of hydrogen-bond donors (Lipinski definition) is 2. The minimum absolute atomic E-state index is 0.125. The van der Waals surface area contributed by atoms with Crippen LogP contribution in [0.25, 0.3) is 0 Å². The molecule has 2 N–H and O–H groups in total. The first-order valence-corrected chi connectivity index (χ1v) is 7.88. The predicted molar refractivity (Wildman–Crippen MR) is 76.0 cm³/mol. The molecule has 19 heavy (non-hydrogen) atoms. The summed E-state index contributed by atoms with van der Waals surface area (Å²) in [6.45, 7) is 3.31. The number of hydrogen-bond acceptors (Lipinski definition) is 2. The van der Waals surface area contributed by atoms with E-state index < -0.39 is 0 Å². The first-order chi connectivity index (χ1) is 9.20. The van der Waals surface area contributed by atoms with Gasteiger partial charge in [-0.1, -0.05) is 6.92 Å². The molecular weight excluding hydrogens is 240 g/mol. The van der Waals surface area contributed by atoms with Gasteiger partial charge in [-0.15, -0.1) is 0 Å². The molecule has 0 aromatic carbocycles. The summed E-state index contributed by atoms with van der Waals surface area (Å²) < 4.78 is 0. The van der Waals surface area contributed by atoms with Crippen molar-refractivity contribution in [3.63, 3.8) is 0 Å². The highest BCUT2D eigenvalue weighted by molar-refractivity contribution is 5.75. The zero-order valence-corrected chi connectivity index (χ0v) is 12.1. The van der Waals surface area contributed by atoms with Crippen LogP contribution in [0, 0.1) is 5.92 Å². The third-order valence-corrected chi connectivity index (χ3v) is 4.40. The molecule has 0 heterocycles. The second-order valence-corrected chi connectivity index (χ2v) is 6.26. The molecule has 0 aromatic rings. The Balaban J connectivity index is 1.75. The first-order valence-electron chi connectivity index (χ1n) is 7.88. The van der Waals surface area contributed by atoms with Gasteiger partial charge in [-0.05, 0) is 57.3 Å². The highest BCUT2D eigenvalue weighted by Gasteiger charge is 2.33. The number of unbranched alkanes of at least 4 members (excludes halogenated alkanes) is 1. The van der Waals surface area contributed by atoms with E-state index in [1.807, 2.05) is 4.90 Å². The van der Waals surface area contributed by atoms with Crippen molar-refractivity contribution in [2.24, 2.45) is 5.92 Å². The lowest BCUT2D eigenvalue weighted by atomic mass is 9.87. The van der Waals surface area contributed by atoms with Gasteiger partial charge in [0, 0.05) is 25.2 Å².